The van der Waals surface area contributed by atoms with Crippen molar-refractivity contribution in [1.82, 2.24) is 0 Å². The molecule has 0 aliphatic rings. The van der Waals surface area contributed by atoms with Crippen molar-refractivity contribution < 1.29 is 9.47 Å². The molecule has 17 heavy (non-hydrogen) atoms. The summed E-state index contributed by atoms with van der Waals surface area (Å²) in [6, 6.07) is 5.86. The molecule has 0 spiro atoms. The number of benzene rings is 1. The fourth-order valence-electron chi connectivity index (χ4n) is 1.57. The monoisotopic (exact) mass is 235 g/mol. The van der Waals surface area contributed by atoms with E-state index in [0.717, 1.165) is 36.3 Å². The molecule has 0 aliphatic heterocycles. The van der Waals surface area contributed by atoms with Crippen LogP contribution in [0.1, 0.15) is 18.4 Å². The Morgan fingerprint density at radius 1 is 1.41 bits per heavy atom. The normalized spacial score (nSPS) is 10.0. The molecule has 0 bridgehead atoms. The van der Waals surface area contributed by atoms with E-state index in [1.54, 1.807) is 7.11 Å². The first kappa shape index (κ1) is 13.6. The summed E-state index contributed by atoms with van der Waals surface area (Å²) in [4.78, 5) is 0. The van der Waals surface area contributed by atoms with Crippen LogP contribution in [0, 0.1) is 0 Å². The fraction of sp³-hybridized carbons (Fsp3) is 0.429. The van der Waals surface area contributed by atoms with E-state index in [4.69, 9.17) is 15.2 Å². The van der Waals surface area contributed by atoms with E-state index in [0.29, 0.717) is 13.2 Å². The highest BCUT2D eigenvalue weighted by Crippen LogP contribution is 2.25. The fourth-order valence-corrected chi connectivity index (χ4v) is 1.57. The molecule has 0 atom stereocenters. The number of ether oxygens (including phenoxy) is 2. The molecule has 0 radical (unpaired) electrons. The molecule has 0 saturated carbocycles. The van der Waals surface area contributed by atoms with Crippen molar-refractivity contribution in [3.63, 3.8) is 0 Å². The second-order valence-corrected chi connectivity index (χ2v) is 3.79. The number of unbranched alkanes of at least 4 members (excludes halogenated alkanes) is 1. The van der Waals surface area contributed by atoms with Crippen LogP contribution in [0.4, 0.5) is 0 Å². The zero-order valence-corrected chi connectivity index (χ0v) is 10.4. The summed E-state index contributed by atoms with van der Waals surface area (Å²) < 4.78 is 10.9. The van der Waals surface area contributed by atoms with E-state index in [-0.39, 0.29) is 0 Å². The highest BCUT2D eigenvalue weighted by molar-refractivity contribution is 5.40. The van der Waals surface area contributed by atoms with Gasteiger partial charge < -0.3 is 15.2 Å². The lowest BCUT2D eigenvalue weighted by molar-refractivity contribution is 0.306. The molecule has 94 valence electrons. The number of methoxy groups -OCH3 is 1. The third kappa shape index (κ3) is 4.49. The molecule has 0 unspecified atom stereocenters. The van der Waals surface area contributed by atoms with Gasteiger partial charge in [-0.15, -0.1) is 6.58 Å². The zero-order chi connectivity index (χ0) is 12.5. The average molecular weight is 235 g/mol. The maximum Gasteiger partial charge on any atom is 0.126 e. The van der Waals surface area contributed by atoms with Crippen molar-refractivity contribution >= 4 is 0 Å². The summed E-state index contributed by atoms with van der Waals surface area (Å²) in [5, 5.41) is 0. The first-order valence-electron chi connectivity index (χ1n) is 5.92. The van der Waals surface area contributed by atoms with Gasteiger partial charge in [0.1, 0.15) is 11.5 Å². The lowest BCUT2D eigenvalue weighted by atomic mass is 10.1. The van der Waals surface area contributed by atoms with Gasteiger partial charge in [-0.3, -0.25) is 0 Å². The Balaban J connectivity index is 2.67. The summed E-state index contributed by atoms with van der Waals surface area (Å²) in [5.74, 6) is 1.68. The van der Waals surface area contributed by atoms with Gasteiger partial charge in [-0.2, -0.15) is 0 Å². The van der Waals surface area contributed by atoms with Crippen molar-refractivity contribution in [1.29, 1.82) is 0 Å². The van der Waals surface area contributed by atoms with Gasteiger partial charge in [-0.1, -0.05) is 12.1 Å². The molecule has 0 heterocycles. The Morgan fingerprint density at radius 2 is 2.24 bits per heavy atom. The van der Waals surface area contributed by atoms with Crippen LogP contribution in [0.2, 0.25) is 0 Å². The van der Waals surface area contributed by atoms with E-state index in [2.05, 4.69) is 6.58 Å². The van der Waals surface area contributed by atoms with Gasteiger partial charge in [0.05, 0.1) is 13.7 Å². The van der Waals surface area contributed by atoms with Crippen molar-refractivity contribution in [2.75, 3.05) is 20.3 Å². The molecule has 2 N–H and O–H groups in total. The predicted molar refractivity (Wildman–Crippen MR) is 70.7 cm³/mol. The van der Waals surface area contributed by atoms with Gasteiger partial charge >= 0.3 is 0 Å². The maximum atomic E-state index is 5.75. The van der Waals surface area contributed by atoms with E-state index >= 15 is 0 Å². The minimum Gasteiger partial charge on any atom is -0.497 e. The van der Waals surface area contributed by atoms with Crippen LogP contribution in [0.15, 0.2) is 30.9 Å². The lowest BCUT2D eigenvalue weighted by Gasteiger charge is -2.12. The predicted octanol–water partition coefficient (Wildman–Crippen LogP) is 2.54. The highest BCUT2D eigenvalue weighted by Gasteiger charge is 2.05. The number of nitrogens with two attached hydrogens (primary N) is 1. The van der Waals surface area contributed by atoms with Gasteiger partial charge in [-0.05, 0) is 37.4 Å². The smallest absolute Gasteiger partial charge is 0.126 e. The van der Waals surface area contributed by atoms with Crippen molar-refractivity contribution in [2.45, 2.75) is 19.3 Å². The zero-order valence-electron chi connectivity index (χ0n) is 10.4. The van der Waals surface area contributed by atoms with Gasteiger partial charge in [-0.25, -0.2) is 0 Å². The maximum absolute atomic E-state index is 5.75. The van der Waals surface area contributed by atoms with Gasteiger partial charge in [0, 0.05) is 6.07 Å². The number of allylic oxidation sites excluding steroid dienone is 1. The summed E-state index contributed by atoms with van der Waals surface area (Å²) in [6.07, 6.45) is 4.66. The van der Waals surface area contributed by atoms with Crippen LogP contribution in [-0.4, -0.2) is 20.3 Å². The lowest BCUT2D eigenvalue weighted by Crippen LogP contribution is -2.06. The topological polar surface area (TPSA) is 44.5 Å². The van der Waals surface area contributed by atoms with Crippen LogP contribution in [0.5, 0.6) is 11.5 Å². The Morgan fingerprint density at radius 3 is 2.88 bits per heavy atom. The number of rotatable bonds is 8. The second-order valence-electron chi connectivity index (χ2n) is 3.79. The Bertz CT molecular complexity index is 350. The van der Waals surface area contributed by atoms with Crippen molar-refractivity contribution in [3.05, 3.63) is 36.4 Å². The first-order chi connectivity index (χ1) is 8.31. The average Bonchev–Trinajstić information content (AvgIpc) is 2.36. The molecule has 0 fully saturated rings. The third-order valence-electron chi connectivity index (χ3n) is 2.50. The van der Waals surface area contributed by atoms with Crippen LogP contribution in [0.25, 0.3) is 0 Å². The van der Waals surface area contributed by atoms with Crippen molar-refractivity contribution in [2.24, 2.45) is 5.73 Å². The summed E-state index contributed by atoms with van der Waals surface area (Å²) >= 11 is 0. The SMILES string of the molecule is C=CCCCOc1cc(OC)ccc1CCN. The molecular formula is C14H21NO2. The molecule has 1 aromatic rings. The molecule has 0 amide bonds. The Labute approximate surface area is 103 Å². The third-order valence-corrected chi connectivity index (χ3v) is 2.50. The summed E-state index contributed by atoms with van der Waals surface area (Å²) in [6.45, 7) is 5.00. The van der Waals surface area contributed by atoms with Crippen LogP contribution in [0.3, 0.4) is 0 Å². The highest BCUT2D eigenvalue weighted by atomic mass is 16.5. The van der Waals surface area contributed by atoms with Gasteiger partial charge in [0.25, 0.3) is 0 Å². The van der Waals surface area contributed by atoms with Crippen LogP contribution in [-0.2, 0) is 6.42 Å². The first-order valence-corrected chi connectivity index (χ1v) is 5.92. The number of hydrogen-bond acceptors (Lipinski definition) is 3. The summed E-state index contributed by atoms with van der Waals surface area (Å²) in [7, 11) is 1.65. The van der Waals surface area contributed by atoms with E-state index in [9.17, 15) is 0 Å². The molecule has 1 rings (SSSR count). The van der Waals surface area contributed by atoms with Crippen molar-refractivity contribution in [3.8, 4) is 11.5 Å². The largest absolute Gasteiger partial charge is 0.497 e. The molecule has 1 aromatic carbocycles. The second kappa shape index (κ2) is 7.74. The Hall–Kier alpha value is -1.48. The summed E-state index contributed by atoms with van der Waals surface area (Å²) in [5.41, 5.74) is 6.71. The quantitative estimate of drug-likeness (QED) is 0.556. The van der Waals surface area contributed by atoms with Gasteiger partial charge in [0.15, 0.2) is 0 Å². The molecule has 3 heteroatoms. The minimum absolute atomic E-state index is 0.620. The van der Waals surface area contributed by atoms with E-state index < -0.39 is 0 Å². The molecule has 0 aliphatic carbocycles. The molecule has 0 aromatic heterocycles. The van der Waals surface area contributed by atoms with Gasteiger partial charge in [0.2, 0.25) is 0 Å². The molecule has 3 nitrogen and oxygen atoms in total. The van der Waals surface area contributed by atoms with E-state index in [1.165, 1.54) is 0 Å². The van der Waals surface area contributed by atoms with Crippen LogP contribution >= 0.6 is 0 Å². The minimum atomic E-state index is 0.620. The van der Waals surface area contributed by atoms with E-state index in [1.807, 2.05) is 24.3 Å². The Kier molecular flexibility index (Phi) is 6.18. The number of hydrogen-bond donors (Lipinski definition) is 1. The molecule has 0 saturated heterocycles. The van der Waals surface area contributed by atoms with Crippen LogP contribution < -0.4 is 15.2 Å². The standard InChI is InChI=1S/C14H21NO2/c1-3-4-5-10-17-14-11-13(16-2)7-6-12(14)8-9-15/h3,6-7,11H,1,4-5,8-10,15H2,2H3. The molecular weight excluding hydrogens is 214 g/mol.